The van der Waals surface area contributed by atoms with E-state index in [1.807, 2.05) is 12.3 Å². The summed E-state index contributed by atoms with van der Waals surface area (Å²) in [6.07, 6.45) is 7.09. The van der Waals surface area contributed by atoms with Gasteiger partial charge in [0.1, 0.15) is 0 Å². The van der Waals surface area contributed by atoms with E-state index in [1.165, 1.54) is 47.8 Å². The number of aryl methyl sites for hydroxylation is 1. The Morgan fingerprint density at radius 1 is 1.09 bits per heavy atom. The minimum atomic E-state index is 0.149. The zero-order chi connectivity index (χ0) is 15.6. The van der Waals surface area contributed by atoms with E-state index < -0.39 is 0 Å². The number of aromatic nitrogens is 2. The molecule has 4 rings (SSSR count). The average molecular weight is 305 g/mol. The van der Waals surface area contributed by atoms with Crippen LogP contribution in [-0.4, -0.2) is 16.0 Å². The predicted molar refractivity (Wildman–Crippen MR) is 94.5 cm³/mol. The number of benzene rings is 1. The third-order valence-electron chi connectivity index (χ3n) is 4.97. The molecule has 0 spiro atoms. The van der Waals surface area contributed by atoms with Crippen molar-refractivity contribution in [2.45, 2.75) is 44.7 Å². The Morgan fingerprint density at radius 3 is 2.65 bits per heavy atom. The fourth-order valence-electron chi connectivity index (χ4n) is 3.86. The molecule has 23 heavy (non-hydrogen) atoms. The largest absolute Gasteiger partial charge is 0.358 e. The summed E-state index contributed by atoms with van der Waals surface area (Å²) in [6.45, 7) is 2.17. The molecular weight excluding hydrogens is 282 g/mol. The van der Waals surface area contributed by atoms with Crippen molar-refractivity contribution >= 4 is 10.9 Å². The van der Waals surface area contributed by atoms with Crippen molar-refractivity contribution in [1.29, 1.82) is 0 Å². The Labute approximate surface area is 137 Å². The Hall–Kier alpha value is -2.13. The highest BCUT2D eigenvalue weighted by atomic mass is 15.0. The van der Waals surface area contributed by atoms with Crippen LogP contribution in [-0.2, 0) is 0 Å². The molecule has 1 fully saturated rings. The maximum absolute atomic E-state index is 4.65. The second kappa shape index (κ2) is 6.17. The molecule has 1 atom stereocenters. The molecule has 3 nitrogen and oxygen atoms in total. The summed E-state index contributed by atoms with van der Waals surface area (Å²) in [5.41, 5.74) is 4.87. The van der Waals surface area contributed by atoms with Gasteiger partial charge in [0, 0.05) is 34.4 Å². The topological polar surface area (TPSA) is 40.7 Å². The van der Waals surface area contributed by atoms with Gasteiger partial charge in [-0.3, -0.25) is 4.98 Å². The lowest BCUT2D eigenvalue weighted by Gasteiger charge is -2.23. The zero-order valence-electron chi connectivity index (χ0n) is 13.5. The quantitative estimate of drug-likeness (QED) is 0.745. The smallest absolute Gasteiger partial charge is 0.0777 e. The molecule has 0 aliphatic heterocycles. The summed E-state index contributed by atoms with van der Waals surface area (Å²) in [5.74, 6) is 0. The minimum absolute atomic E-state index is 0.149. The van der Waals surface area contributed by atoms with Crippen LogP contribution >= 0.6 is 0 Å². The minimum Gasteiger partial charge on any atom is -0.358 e. The summed E-state index contributed by atoms with van der Waals surface area (Å²) < 4.78 is 0. The molecule has 1 aliphatic carbocycles. The van der Waals surface area contributed by atoms with Crippen molar-refractivity contribution in [2.24, 2.45) is 0 Å². The number of hydrogen-bond acceptors (Lipinski definition) is 2. The van der Waals surface area contributed by atoms with Crippen molar-refractivity contribution in [3.63, 3.8) is 0 Å². The molecule has 2 heterocycles. The summed E-state index contributed by atoms with van der Waals surface area (Å²) in [5, 5.41) is 5.18. The number of hydrogen-bond donors (Lipinski definition) is 2. The summed E-state index contributed by atoms with van der Waals surface area (Å²) in [6, 6.07) is 15.5. The normalized spacial score (nSPS) is 16.9. The average Bonchev–Trinajstić information content (AvgIpc) is 3.20. The molecule has 1 unspecified atom stereocenters. The molecule has 1 aliphatic rings. The lowest BCUT2D eigenvalue weighted by atomic mass is 9.98. The van der Waals surface area contributed by atoms with Gasteiger partial charge in [-0.2, -0.15) is 0 Å². The molecule has 3 heteroatoms. The number of nitrogens with one attached hydrogen (secondary N) is 2. The van der Waals surface area contributed by atoms with Gasteiger partial charge in [0.25, 0.3) is 0 Å². The number of aromatic amines is 1. The Bertz CT molecular complexity index is 785. The van der Waals surface area contributed by atoms with E-state index in [-0.39, 0.29) is 6.04 Å². The Balaban J connectivity index is 1.81. The highest BCUT2D eigenvalue weighted by Gasteiger charge is 2.25. The van der Waals surface area contributed by atoms with Crippen LogP contribution in [0.5, 0.6) is 0 Å². The van der Waals surface area contributed by atoms with E-state index in [9.17, 15) is 0 Å². The monoisotopic (exact) mass is 305 g/mol. The van der Waals surface area contributed by atoms with Gasteiger partial charge >= 0.3 is 0 Å². The maximum Gasteiger partial charge on any atom is 0.0777 e. The molecule has 0 radical (unpaired) electrons. The zero-order valence-corrected chi connectivity index (χ0v) is 13.5. The van der Waals surface area contributed by atoms with Crippen LogP contribution in [0.4, 0.5) is 0 Å². The number of rotatable bonds is 4. The van der Waals surface area contributed by atoms with E-state index in [1.54, 1.807) is 0 Å². The van der Waals surface area contributed by atoms with E-state index in [4.69, 9.17) is 0 Å². The molecule has 0 amide bonds. The lowest BCUT2D eigenvalue weighted by molar-refractivity contribution is 0.473. The van der Waals surface area contributed by atoms with Crippen LogP contribution in [0.15, 0.2) is 48.7 Å². The van der Waals surface area contributed by atoms with Crippen LogP contribution in [0, 0.1) is 6.92 Å². The van der Waals surface area contributed by atoms with E-state index in [2.05, 4.69) is 58.6 Å². The second-order valence-corrected chi connectivity index (χ2v) is 6.54. The van der Waals surface area contributed by atoms with Gasteiger partial charge < -0.3 is 10.3 Å². The van der Waals surface area contributed by atoms with Gasteiger partial charge in [0.05, 0.1) is 11.7 Å². The molecular formula is C20H23N3. The van der Waals surface area contributed by atoms with Crippen molar-refractivity contribution < 1.29 is 0 Å². The first-order valence-electron chi connectivity index (χ1n) is 8.57. The van der Waals surface area contributed by atoms with E-state index in [0.29, 0.717) is 6.04 Å². The van der Waals surface area contributed by atoms with Gasteiger partial charge in [0.2, 0.25) is 0 Å². The fraction of sp³-hybridized carbons (Fsp3) is 0.350. The third-order valence-corrected chi connectivity index (χ3v) is 4.97. The summed E-state index contributed by atoms with van der Waals surface area (Å²) in [7, 11) is 0. The number of fused-ring (bicyclic) bond motifs is 1. The van der Waals surface area contributed by atoms with Crippen molar-refractivity contribution in [1.82, 2.24) is 15.3 Å². The lowest BCUT2D eigenvalue weighted by Crippen LogP contribution is -2.32. The predicted octanol–water partition coefficient (Wildman–Crippen LogP) is 4.49. The molecule has 2 aromatic heterocycles. The standard InChI is InChI=1S/C20H23N3/c1-14-19(16-10-4-5-11-17(16)22-14)20(18-12-6-7-13-21-18)23-15-8-2-3-9-15/h4-7,10-13,15,20,22-23H,2-3,8-9H2,1H3. The van der Waals surface area contributed by atoms with Crippen LogP contribution in [0.1, 0.15) is 48.7 Å². The molecule has 1 saturated carbocycles. The Morgan fingerprint density at radius 2 is 1.87 bits per heavy atom. The van der Waals surface area contributed by atoms with Crippen molar-refractivity contribution in [3.8, 4) is 0 Å². The SMILES string of the molecule is Cc1[nH]c2ccccc2c1C(NC1CCCC1)c1ccccn1. The first kappa shape index (κ1) is 14.5. The van der Waals surface area contributed by atoms with E-state index >= 15 is 0 Å². The van der Waals surface area contributed by atoms with Gasteiger partial charge in [-0.15, -0.1) is 0 Å². The van der Waals surface area contributed by atoms with Crippen molar-refractivity contribution in [2.75, 3.05) is 0 Å². The van der Waals surface area contributed by atoms with Crippen LogP contribution in [0.2, 0.25) is 0 Å². The van der Waals surface area contributed by atoms with Crippen molar-refractivity contribution in [3.05, 3.63) is 65.6 Å². The fourth-order valence-corrected chi connectivity index (χ4v) is 3.86. The second-order valence-electron chi connectivity index (χ2n) is 6.54. The summed E-state index contributed by atoms with van der Waals surface area (Å²) in [4.78, 5) is 8.18. The van der Waals surface area contributed by atoms with Crippen LogP contribution in [0.25, 0.3) is 10.9 Å². The molecule has 0 saturated heterocycles. The first-order chi connectivity index (χ1) is 11.3. The number of para-hydroxylation sites is 1. The molecule has 1 aromatic carbocycles. The Kier molecular flexibility index (Phi) is 3.88. The number of pyridine rings is 1. The molecule has 3 aromatic rings. The maximum atomic E-state index is 4.65. The van der Waals surface area contributed by atoms with Gasteiger partial charge in [-0.05, 0) is 38.0 Å². The molecule has 118 valence electrons. The van der Waals surface area contributed by atoms with Crippen LogP contribution in [0.3, 0.4) is 0 Å². The van der Waals surface area contributed by atoms with Gasteiger partial charge in [-0.1, -0.05) is 37.1 Å². The third kappa shape index (κ3) is 2.77. The molecule has 0 bridgehead atoms. The highest BCUT2D eigenvalue weighted by Crippen LogP contribution is 2.33. The number of H-pyrrole nitrogens is 1. The van der Waals surface area contributed by atoms with E-state index in [0.717, 1.165) is 5.69 Å². The number of nitrogens with zero attached hydrogens (tertiary/aromatic N) is 1. The molecule has 2 N–H and O–H groups in total. The van der Waals surface area contributed by atoms with Gasteiger partial charge in [0.15, 0.2) is 0 Å². The first-order valence-corrected chi connectivity index (χ1v) is 8.57. The highest BCUT2D eigenvalue weighted by molar-refractivity contribution is 5.85. The van der Waals surface area contributed by atoms with Gasteiger partial charge in [-0.25, -0.2) is 0 Å². The summed E-state index contributed by atoms with van der Waals surface area (Å²) >= 11 is 0. The van der Waals surface area contributed by atoms with Crippen LogP contribution < -0.4 is 5.32 Å².